The third-order valence-electron chi connectivity index (χ3n) is 11.3. The predicted octanol–water partition coefficient (Wildman–Crippen LogP) is 11.2. The molecule has 50 heavy (non-hydrogen) atoms. The first-order valence-electron chi connectivity index (χ1n) is 17.7. The maximum Gasteiger partial charge on any atom is 0.145 e. The molecule has 0 radical (unpaired) electrons. The number of benzene rings is 3. The number of para-hydroxylation sites is 1. The van der Waals surface area contributed by atoms with Gasteiger partial charge in [-0.25, -0.2) is 0 Å². The van der Waals surface area contributed by atoms with Crippen LogP contribution in [-0.2, 0) is 6.42 Å². The van der Waals surface area contributed by atoms with Crippen LogP contribution in [0.25, 0.3) is 66.4 Å². The van der Waals surface area contributed by atoms with Crippen LogP contribution in [0.3, 0.4) is 0 Å². The smallest absolute Gasteiger partial charge is 0.145 e. The number of nitrogens with zero attached hydrogens (tertiary/aromatic N) is 4. The first-order chi connectivity index (χ1) is 24.6. The Balaban J connectivity index is 1.25. The molecule has 0 aliphatic heterocycles. The van der Waals surface area contributed by atoms with Gasteiger partial charge in [0.15, 0.2) is 0 Å². The zero-order valence-corrected chi connectivity index (χ0v) is 27.8. The second-order valence-corrected chi connectivity index (χ2v) is 14.1. The van der Waals surface area contributed by atoms with Crippen LogP contribution in [-0.4, -0.2) is 9.13 Å². The third-order valence-corrected chi connectivity index (χ3v) is 11.3. The van der Waals surface area contributed by atoms with E-state index in [4.69, 9.17) is 4.42 Å². The molecule has 4 aliphatic rings. The lowest BCUT2D eigenvalue weighted by Crippen LogP contribution is -2.20. The molecule has 240 valence electrons. The van der Waals surface area contributed by atoms with E-state index in [1.54, 1.807) is 0 Å². The van der Waals surface area contributed by atoms with Crippen LogP contribution in [0, 0.1) is 40.4 Å². The van der Waals surface area contributed by atoms with Gasteiger partial charge < -0.3 is 13.6 Å². The van der Waals surface area contributed by atoms with E-state index in [-0.39, 0.29) is 12.0 Å². The fraction of sp³-hybridized carbons (Fsp3) is 0.200. The van der Waals surface area contributed by atoms with Gasteiger partial charge >= 0.3 is 0 Å². The van der Waals surface area contributed by atoms with Gasteiger partial charge in [0.2, 0.25) is 0 Å². The van der Waals surface area contributed by atoms with E-state index < -0.39 is 11.8 Å². The summed E-state index contributed by atoms with van der Waals surface area (Å²) < 4.78 is 12.0. The van der Waals surface area contributed by atoms with E-state index in [0.717, 1.165) is 80.9 Å². The van der Waals surface area contributed by atoms with Gasteiger partial charge in [-0.15, -0.1) is 0 Å². The Hall–Kier alpha value is -6.04. The van der Waals surface area contributed by atoms with E-state index in [1.807, 2.05) is 12.2 Å². The van der Waals surface area contributed by atoms with E-state index >= 15 is 0 Å². The Kier molecular flexibility index (Phi) is 6.36. The molecular weight excluding hydrogens is 613 g/mol. The second-order valence-electron chi connectivity index (χ2n) is 14.1. The van der Waals surface area contributed by atoms with Gasteiger partial charge in [0.25, 0.3) is 0 Å². The maximum absolute atomic E-state index is 10.2. The fourth-order valence-corrected chi connectivity index (χ4v) is 8.93. The van der Waals surface area contributed by atoms with Gasteiger partial charge in [0.1, 0.15) is 11.2 Å². The quantitative estimate of drug-likeness (QED) is 0.192. The van der Waals surface area contributed by atoms with Crippen LogP contribution in [0.4, 0.5) is 0 Å². The number of furan rings is 1. The summed E-state index contributed by atoms with van der Waals surface area (Å²) in [7, 11) is 0. The summed E-state index contributed by atoms with van der Waals surface area (Å²) in [6.45, 7) is 2.16. The van der Waals surface area contributed by atoms with Crippen molar-refractivity contribution in [2.75, 3.05) is 0 Å². The van der Waals surface area contributed by atoms with Crippen molar-refractivity contribution in [2.24, 2.45) is 17.8 Å². The molecule has 4 aliphatic carbocycles. The number of nitriles is 2. The average Bonchev–Trinajstić information content (AvgIpc) is 3.82. The highest BCUT2D eigenvalue weighted by Crippen LogP contribution is 2.47. The van der Waals surface area contributed by atoms with Crippen molar-refractivity contribution in [3.8, 4) is 12.1 Å². The summed E-state index contributed by atoms with van der Waals surface area (Å²) in [6.07, 6.45) is 27.7. The maximum atomic E-state index is 10.2. The molecular formula is C45H34N4O. The molecule has 5 heteroatoms. The highest BCUT2D eigenvalue weighted by molar-refractivity contribution is 6.26. The summed E-state index contributed by atoms with van der Waals surface area (Å²) in [4.78, 5) is 0. The minimum Gasteiger partial charge on any atom is -0.455 e. The van der Waals surface area contributed by atoms with Crippen molar-refractivity contribution in [1.29, 1.82) is 10.5 Å². The monoisotopic (exact) mass is 646 g/mol. The van der Waals surface area contributed by atoms with Gasteiger partial charge in [-0.05, 0) is 86.2 Å². The number of aryl methyl sites for hydroxylation is 1. The molecule has 0 bridgehead atoms. The van der Waals surface area contributed by atoms with Crippen LogP contribution in [0.2, 0.25) is 0 Å². The van der Waals surface area contributed by atoms with Crippen molar-refractivity contribution >= 4 is 66.4 Å². The molecule has 0 fully saturated rings. The molecule has 0 saturated heterocycles. The minimum absolute atomic E-state index is 0.126. The van der Waals surface area contributed by atoms with Crippen molar-refractivity contribution < 1.29 is 4.42 Å². The molecule has 3 aromatic heterocycles. The molecule has 3 aromatic carbocycles. The van der Waals surface area contributed by atoms with Crippen molar-refractivity contribution in [3.63, 3.8) is 0 Å². The van der Waals surface area contributed by atoms with Crippen molar-refractivity contribution in [2.45, 2.75) is 38.6 Å². The number of allylic oxidation sites excluding steroid dienone is 13. The number of fused-ring (bicyclic) bond motifs is 11. The first-order valence-corrected chi connectivity index (χ1v) is 17.7. The summed E-state index contributed by atoms with van der Waals surface area (Å²) >= 11 is 0. The molecule has 5 nitrogen and oxygen atoms in total. The fourth-order valence-electron chi connectivity index (χ4n) is 8.93. The van der Waals surface area contributed by atoms with Crippen LogP contribution in [0.15, 0.2) is 125 Å². The molecule has 6 aromatic rings. The lowest BCUT2D eigenvalue weighted by molar-refractivity contribution is 0.644. The molecule has 4 unspecified atom stereocenters. The Morgan fingerprint density at radius 1 is 0.760 bits per heavy atom. The largest absolute Gasteiger partial charge is 0.455 e. The van der Waals surface area contributed by atoms with Gasteiger partial charge in [-0.2, -0.15) is 10.5 Å². The van der Waals surface area contributed by atoms with Gasteiger partial charge in [-0.3, -0.25) is 0 Å². The molecule has 3 heterocycles. The SMILES string of the molecule is CC1=CCC(n2c3ccccc3c3c4oc5c(ccc6c5c5c(n6C6=CC(C#N)C(C#N)C=C6C6C=CC=CC6)C=CCC5)c4ccc32)C=C1. The third kappa shape index (κ3) is 4.04. The average molecular weight is 647 g/mol. The molecule has 0 N–H and O–H groups in total. The van der Waals surface area contributed by atoms with E-state index in [0.29, 0.717) is 0 Å². The lowest BCUT2D eigenvalue weighted by atomic mass is 9.79. The molecule has 0 amide bonds. The Morgan fingerprint density at radius 2 is 1.56 bits per heavy atom. The van der Waals surface area contributed by atoms with Crippen molar-refractivity contribution in [3.05, 3.63) is 132 Å². The number of hydrogen-bond acceptors (Lipinski definition) is 3. The zero-order valence-electron chi connectivity index (χ0n) is 27.8. The normalized spacial score (nSPS) is 23.0. The Bertz CT molecular complexity index is 2770. The highest BCUT2D eigenvalue weighted by atomic mass is 16.3. The molecule has 10 rings (SSSR count). The number of rotatable bonds is 3. The lowest BCUT2D eigenvalue weighted by Gasteiger charge is -2.29. The summed E-state index contributed by atoms with van der Waals surface area (Å²) in [5.74, 6) is -0.884. The topological polar surface area (TPSA) is 70.6 Å². The van der Waals surface area contributed by atoms with Crippen LogP contribution in [0.1, 0.15) is 43.5 Å². The highest BCUT2D eigenvalue weighted by Gasteiger charge is 2.32. The second kappa shape index (κ2) is 11.0. The molecule has 0 spiro atoms. The molecule has 4 atom stereocenters. The number of aromatic nitrogens is 2. The van der Waals surface area contributed by atoms with Crippen LogP contribution < -0.4 is 0 Å². The van der Waals surface area contributed by atoms with Gasteiger partial charge in [0.05, 0.1) is 46.4 Å². The van der Waals surface area contributed by atoms with Crippen LogP contribution >= 0.6 is 0 Å². The van der Waals surface area contributed by atoms with Gasteiger partial charge in [0, 0.05) is 44.4 Å². The number of hydrogen-bond donors (Lipinski definition) is 0. The van der Waals surface area contributed by atoms with E-state index in [2.05, 4.69) is 131 Å². The van der Waals surface area contributed by atoms with Gasteiger partial charge in [-0.1, -0.05) is 78.5 Å². The van der Waals surface area contributed by atoms with E-state index in [9.17, 15) is 10.5 Å². The zero-order chi connectivity index (χ0) is 33.5. The molecule has 0 saturated carbocycles. The van der Waals surface area contributed by atoms with Crippen molar-refractivity contribution in [1.82, 2.24) is 9.13 Å². The Labute approximate surface area is 290 Å². The first kappa shape index (κ1) is 28.9. The minimum atomic E-state index is -0.526. The Morgan fingerprint density at radius 3 is 2.34 bits per heavy atom. The predicted molar refractivity (Wildman–Crippen MR) is 203 cm³/mol. The van der Waals surface area contributed by atoms with Crippen LogP contribution in [0.5, 0.6) is 0 Å². The summed E-state index contributed by atoms with van der Waals surface area (Å²) in [5, 5.41) is 26.0. The van der Waals surface area contributed by atoms with E-state index in [1.165, 1.54) is 27.6 Å². The summed E-state index contributed by atoms with van der Waals surface area (Å²) in [6, 6.07) is 22.7. The standard InChI is InChI=1S/C45H34N4O/c1-27-15-17-31(18-16-27)48-37-13-7-5-11-34(37)42-39(48)21-19-32-33-20-22-40-43(45(33)50-44(32)42)35-12-6-8-14-38(35)49(40)41-24-30(26-47)29(25-46)23-36(41)28-9-3-2-4-10-28/h2-5,7-9,11,13-17,19-24,28-31H,6,10,12,18H2,1H3. The summed E-state index contributed by atoms with van der Waals surface area (Å²) in [5.41, 5.74) is 11.1.